The van der Waals surface area contributed by atoms with Gasteiger partial charge in [0.1, 0.15) is 5.82 Å². The molecule has 0 saturated heterocycles. The van der Waals surface area contributed by atoms with E-state index in [-0.39, 0.29) is 27.8 Å². The molecule has 0 heterocycles. The van der Waals surface area contributed by atoms with Crippen LogP contribution < -0.4 is 5.32 Å². The number of halogens is 3. The second-order valence-corrected chi connectivity index (χ2v) is 5.07. The molecule has 0 aliphatic heterocycles. The number of alkyl halides is 1. The lowest BCUT2D eigenvalue weighted by molar-refractivity contribution is 0.0952. The predicted molar refractivity (Wildman–Crippen MR) is 68.2 cm³/mol. The van der Waals surface area contributed by atoms with Crippen LogP contribution in [-0.2, 0) is 0 Å². The third-order valence-electron chi connectivity index (χ3n) is 2.36. The van der Waals surface area contributed by atoms with Crippen molar-refractivity contribution in [3.05, 3.63) is 34.6 Å². The molecule has 0 aliphatic carbocycles. The first-order chi connectivity index (χ1) is 7.91. The molecule has 1 aromatic rings. The lowest BCUT2D eigenvalue weighted by atomic mass is 10.1. The molecule has 0 spiro atoms. The second-order valence-electron chi connectivity index (χ2n) is 4.10. The zero-order valence-electron chi connectivity index (χ0n) is 9.64. The largest absolute Gasteiger partial charge is 0.351 e. The van der Waals surface area contributed by atoms with E-state index in [0.29, 0.717) is 6.54 Å². The van der Waals surface area contributed by atoms with Gasteiger partial charge in [-0.25, -0.2) is 4.39 Å². The Morgan fingerprint density at radius 3 is 2.65 bits per heavy atom. The number of nitrogens with one attached hydrogen (secondary N) is 1. The van der Waals surface area contributed by atoms with Gasteiger partial charge in [0.2, 0.25) is 0 Å². The fourth-order valence-corrected chi connectivity index (χ4v) is 1.36. The maximum atomic E-state index is 13.1. The fraction of sp³-hybridized carbons (Fsp3) is 0.417. The summed E-state index contributed by atoms with van der Waals surface area (Å²) in [6.45, 7) is 4.28. The minimum atomic E-state index is -0.606. The molecule has 1 atom stereocenters. The minimum Gasteiger partial charge on any atom is -0.351 e. The fourth-order valence-electron chi connectivity index (χ4n) is 1.17. The van der Waals surface area contributed by atoms with Gasteiger partial charge in [-0.3, -0.25) is 4.79 Å². The van der Waals surface area contributed by atoms with Crippen molar-refractivity contribution >= 4 is 29.1 Å². The molecule has 1 N–H and O–H groups in total. The van der Waals surface area contributed by atoms with Crippen molar-refractivity contribution in [1.29, 1.82) is 0 Å². The average Bonchev–Trinajstić information content (AvgIpc) is 2.28. The smallest absolute Gasteiger partial charge is 0.251 e. The molecule has 0 radical (unpaired) electrons. The lowest BCUT2D eigenvalue weighted by Gasteiger charge is -2.14. The number of hydrogen-bond acceptors (Lipinski definition) is 1. The van der Waals surface area contributed by atoms with Gasteiger partial charge in [-0.1, -0.05) is 25.4 Å². The van der Waals surface area contributed by atoms with Crippen LogP contribution in [0.25, 0.3) is 0 Å². The first-order valence-corrected chi connectivity index (χ1v) is 6.10. The van der Waals surface area contributed by atoms with E-state index in [1.165, 1.54) is 12.1 Å². The van der Waals surface area contributed by atoms with Gasteiger partial charge in [0, 0.05) is 12.1 Å². The SMILES string of the molecule is CC(C)C(Cl)CNC(=O)c1ccc(Cl)c(F)c1. The highest BCUT2D eigenvalue weighted by Crippen LogP contribution is 2.15. The van der Waals surface area contributed by atoms with Crippen LogP contribution in [0.1, 0.15) is 24.2 Å². The van der Waals surface area contributed by atoms with Crippen LogP contribution in [0, 0.1) is 11.7 Å². The summed E-state index contributed by atoms with van der Waals surface area (Å²) in [6, 6.07) is 3.93. The van der Waals surface area contributed by atoms with Gasteiger partial charge in [-0.2, -0.15) is 0 Å². The quantitative estimate of drug-likeness (QED) is 0.839. The van der Waals surface area contributed by atoms with Gasteiger partial charge in [0.15, 0.2) is 0 Å². The summed E-state index contributed by atoms with van der Waals surface area (Å²) >= 11 is 11.5. The maximum Gasteiger partial charge on any atom is 0.251 e. The average molecular weight is 278 g/mol. The van der Waals surface area contributed by atoms with E-state index in [4.69, 9.17) is 23.2 Å². The van der Waals surface area contributed by atoms with E-state index >= 15 is 0 Å². The summed E-state index contributed by atoms with van der Waals surface area (Å²) in [7, 11) is 0. The molecular weight excluding hydrogens is 264 g/mol. The molecule has 0 fully saturated rings. The van der Waals surface area contributed by atoms with Gasteiger partial charge in [-0.15, -0.1) is 11.6 Å². The van der Waals surface area contributed by atoms with Crippen LogP contribution in [0.5, 0.6) is 0 Å². The Labute approximate surface area is 110 Å². The van der Waals surface area contributed by atoms with E-state index < -0.39 is 5.82 Å². The highest BCUT2D eigenvalue weighted by molar-refractivity contribution is 6.30. The summed E-state index contributed by atoms with van der Waals surface area (Å²) in [5.41, 5.74) is 0.236. The van der Waals surface area contributed by atoms with Gasteiger partial charge < -0.3 is 5.32 Å². The Kier molecular flexibility index (Phi) is 5.22. The first kappa shape index (κ1) is 14.3. The highest BCUT2D eigenvalue weighted by Gasteiger charge is 2.13. The summed E-state index contributed by atoms with van der Waals surface area (Å²) in [6.07, 6.45) is 0. The first-order valence-electron chi connectivity index (χ1n) is 5.29. The standard InChI is InChI=1S/C12H14Cl2FNO/c1-7(2)10(14)6-16-12(17)8-3-4-9(13)11(15)5-8/h3-5,7,10H,6H2,1-2H3,(H,16,17). The van der Waals surface area contributed by atoms with Crippen molar-refractivity contribution in [2.75, 3.05) is 6.54 Å². The molecule has 1 unspecified atom stereocenters. The van der Waals surface area contributed by atoms with E-state index in [2.05, 4.69) is 5.32 Å². The molecule has 0 aliphatic rings. The molecule has 0 aromatic heterocycles. The van der Waals surface area contributed by atoms with Crippen LogP contribution in [0.2, 0.25) is 5.02 Å². The van der Waals surface area contributed by atoms with E-state index in [1.807, 2.05) is 13.8 Å². The monoisotopic (exact) mass is 277 g/mol. The number of carbonyl (C=O) groups is 1. The molecule has 0 bridgehead atoms. The Morgan fingerprint density at radius 1 is 1.47 bits per heavy atom. The van der Waals surface area contributed by atoms with E-state index in [1.54, 1.807) is 0 Å². The number of benzene rings is 1. The van der Waals surface area contributed by atoms with Crippen LogP contribution in [0.3, 0.4) is 0 Å². The summed E-state index contributed by atoms with van der Waals surface area (Å²) in [5, 5.41) is 2.50. The molecule has 1 aromatic carbocycles. The van der Waals surface area contributed by atoms with Crippen LogP contribution >= 0.6 is 23.2 Å². The van der Waals surface area contributed by atoms with Crippen molar-refractivity contribution in [3.8, 4) is 0 Å². The normalized spacial score (nSPS) is 12.6. The Balaban J connectivity index is 2.61. The topological polar surface area (TPSA) is 29.1 Å². The van der Waals surface area contributed by atoms with E-state index in [0.717, 1.165) is 6.07 Å². The van der Waals surface area contributed by atoms with Crippen molar-refractivity contribution in [2.45, 2.75) is 19.2 Å². The lowest BCUT2D eigenvalue weighted by Crippen LogP contribution is -2.32. The molecule has 5 heteroatoms. The van der Waals surface area contributed by atoms with Gasteiger partial charge >= 0.3 is 0 Å². The van der Waals surface area contributed by atoms with Crippen molar-refractivity contribution in [1.82, 2.24) is 5.32 Å². The van der Waals surface area contributed by atoms with E-state index in [9.17, 15) is 9.18 Å². The molecular formula is C12H14Cl2FNO. The number of hydrogen-bond donors (Lipinski definition) is 1. The van der Waals surface area contributed by atoms with Crippen molar-refractivity contribution in [2.24, 2.45) is 5.92 Å². The van der Waals surface area contributed by atoms with Crippen LogP contribution in [-0.4, -0.2) is 17.8 Å². The summed E-state index contributed by atoms with van der Waals surface area (Å²) < 4.78 is 13.1. The van der Waals surface area contributed by atoms with Crippen molar-refractivity contribution in [3.63, 3.8) is 0 Å². The van der Waals surface area contributed by atoms with Gasteiger partial charge in [-0.05, 0) is 24.1 Å². The van der Waals surface area contributed by atoms with Crippen LogP contribution in [0.4, 0.5) is 4.39 Å². The summed E-state index contributed by atoms with van der Waals surface area (Å²) in [5.74, 6) is -0.698. The highest BCUT2D eigenvalue weighted by atomic mass is 35.5. The second kappa shape index (κ2) is 6.22. The molecule has 2 nitrogen and oxygen atoms in total. The number of carbonyl (C=O) groups excluding carboxylic acids is 1. The summed E-state index contributed by atoms with van der Waals surface area (Å²) in [4.78, 5) is 11.7. The van der Waals surface area contributed by atoms with Gasteiger partial charge in [0.05, 0.1) is 10.4 Å². The molecule has 0 saturated carbocycles. The van der Waals surface area contributed by atoms with Crippen molar-refractivity contribution < 1.29 is 9.18 Å². The molecule has 1 amide bonds. The Bertz CT molecular complexity index is 409. The predicted octanol–water partition coefficient (Wildman–Crippen LogP) is 3.47. The number of amides is 1. The molecule has 94 valence electrons. The molecule has 1 rings (SSSR count). The van der Waals surface area contributed by atoms with Gasteiger partial charge in [0.25, 0.3) is 5.91 Å². The number of rotatable bonds is 4. The molecule has 17 heavy (non-hydrogen) atoms. The Hall–Kier alpha value is -0.800. The Morgan fingerprint density at radius 2 is 2.12 bits per heavy atom. The third-order valence-corrected chi connectivity index (χ3v) is 3.33. The zero-order chi connectivity index (χ0) is 13.0. The van der Waals surface area contributed by atoms with Crippen LogP contribution in [0.15, 0.2) is 18.2 Å². The zero-order valence-corrected chi connectivity index (χ0v) is 11.1. The third kappa shape index (κ3) is 4.17. The minimum absolute atomic E-state index is 0.000972. The maximum absolute atomic E-state index is 13.1.